The number of alkyl carbamates (subject to hydrolysis) is 1. The largest absolute Gasteiger partial charge is 0.479 e. The lowest BCUT2D eigenvalue weighted by Crippen LogP contribution is -2.54. The van der Waals surface area contributed by atoms with E-state index in [4.69, 9.17) is 9.84 Å². The number of carboxylic acid groups (broad SMARTS) is 1. The lowest BCUT2D eigenvalue weighted by atomic mass is 9.93. The minimum atomic E-state index is -1.88. The molecule has 0 radical (unpaired) electrons. The van der Waals surface area contributed by atoms with Gasteiger partial charge in [0, 0.05) is 25.4 Å². The summed E-state index contributed by atoms with van der Waals surface area (Å²) in [4.78, 5) is 37.2. The second-order valence-corrected chi connectivity index (χ2v) is 8.61. The third-order valence-corrected chi connectivity index (χ3v) is 6.40. The summed E-state index contributed by atoms with van der Waals surface area (Å²) < 4.78 is 5.47. The van der Waals surface area contributed by atoms with Gasteiger partial charge in [-0.25, -0.2) is 9.59 Å². The highest BCUT2D eigenvalue weighted by Crippen LogP contribution is 2.44. The molecule has 1 heterocycles. The molecule has 2 aliphatic rings. The van der Waals surface area contributed by atoms with Gasteiger partial charge in [0.15, 0.2) is 5.60 Å². The van der Waals surface area contributed by atoms with Crippen LogP contribution in [0.3, 0.4) is 0 Å². The molecule has 2 aromatic rings. The first-order chi connectivity index (χ1) is 15.9. The van der Waals surface area contributed by atoms with Crippen molar-refractivity contribution in [2.45, 2.75) is 37.2 Å². The monoisotopic (exact) mass is 452 g/mol. The predicted molar refractivity (Wildman–Crippen MR) is 121 cm³/mol. The number of hydrogen-bond acceptors (Lipinski definition) is 5. The van der Waals surface area contributed by atoms with Gasteiger partial charge in [0.1, 0.15) is 6.61 Å². The number of carboxylic acids is 1. The minimum absolute atomic E-state index is 0.0168. The maximum Gasteiger partial charge on any atom is 0.407 e. The standard InChI is InChI=1S/C25H28N2O6/c28-22(27-14-6-12-25(32,16-27)23(29)30)11-5-13-26-24(31)33-15-21-19-9-3-1-7-17(19)18-8-2-4-10-20(18)21/h1-4,7-10,21,32H,5-6,11-16H2,(H,26,31)(H,29,30). The van der Waals surface area contributed by atoms with E-state index in [9.17, 15) is 19.5 Å². The summed E-state index contributed by atoms with van der Waals surface area (Å²) in [6.07, 6.45) is 0.578. The molecule has 1 saturated heterocycles. The van der Waals surface area contributed by atoms with Crippen molar-refractivity contribution in [1.29, 1.82) is 0 Å². The van der Waals surface area contributed by atoms with Crippen molar-refractivity contribution in [2.75, 3.05) is 26.2 Å². The van der Waals surface area contributed by atoms with Crippen LogP contribution in [0, 0.1) is 0 Å². The zero-order valence-corrected chi connectivity index (χ0v) is 18.3. The van der Waals surface area contributed by atoms with Crippen molar-refractivity contribution >= 4 is 18.0 Å². The Bertz CT molecular complexity index is 1010. The summed E-state index contributed by atoms with van der Waals surface area (Å²) in [6.45, 7) is 0.703. The number of aliphatic hydroxyl groups is 1. The van der Waals surface area contributed by atoms with Crippen LogP contribution in [0.1, 0.15) is 42.7 Å². The van der Waals surface area contributed by atoms with Crippen LogP contribution in [0.15, 0.2) is 48.5 Å². The van der Waals surface area contributed by atoms with Crippen LogP contribution in [-0.2, 0) is 14.3 Å². The molecule has 8 nitrogen and oxygen atoms in total. The van der Waals surface area contributed by atoms with E-state index in [0.717, 1.165) is 22.3 Å². The van der Waals surface area contributed by atoms with E-state index in [2.05, 4.69) is 29.6 Å². The van der Waals surface area contributed by atoms with Crippen LogP contribution in [-0.4, -0.2) is 64.9 Å². The molecule has 0 bridgehead atoms. The van der Waals surface area contributed by atoms with Crippen molar-refractivity contribution in [3.05, 3.63) is 59.7 Å². The number of carbonyl (C=O) groups is 3. The molecule has 1 unspecified atom stereocenters. The van der Waals surface area contributed by atoms with Gasteiger partial charge in [0.2, 0.25) is 5.91 Å². The molecule has 1 fully saturated rings. The summed E-state index contributed by atoms with van der Waals surface area (Å²) in [5, 5.41) is 21.9. The third kappa shape index (κ3) is 4.85. The summed E-state index contributed by atoms with van der Waals surface area (Å²) in [5.41, 5.74) is 2.72. The van der Waals surface area contributed by atoms with E-state index in [1.54, 1.807) is 0 Å². The quantitative estimate of drug-likeness (QED) is 0.557. The number of likely N-dealkylation sites (tertiary alicyclic amines) is 1. The maximum atomic E-state index is 12.4. The summed E-state index contributed by atoms with van der Waals surface area (Å²) in [6, 6.07) is 16.2. The number of nitrogens with one attached hydrogen (secondary N) is 1. The molecule has 8 heteroatoms. The molecule has 2 aromatic carbocycles. The molecule has 0 aromatic heterocycles. The maximum absolute atomic E-state index is 12.4. The highest BCUT2D eigenvalue weighted by atomic mass is 16.5. The lowest BCUT2D eigenvalue weighted by molar-refractivity contribution is -0.166. The lowest BCUT2D eigenvalue weighted by Gasteiger charge is -2.36. The second kappa shape index (κ2) is 9.62. The first-order valence-electron chi connectivity index (χ1n) is 11.2. The Balaban J connectivity index is 1.22. The molecule has 1 atom stereocenters. The van der Waals surface area contributed by atoms with Gasteiger partial charge in [0.05, 0.1) is 6.54 Å². The van der Waals surface area contributed by atoms with Gasteiger partial charge in [-0.05, 0) is 41.5 Å². The highest BCUT2D eigenvalue weighted by Gasteiger charge is 2.41. The minimum Gasteiger partial charge on any atom is -0.479 e. The van der Waals surface area contributed by atoms with Crippen LogP contribution >= 0.6 is 0 Å². The van der Waals surface area contributed by atoms with E-state index in [1.165, 1.54) is 4.90 Å². The summed E-state index contributed by atoms with van der Waals surface area (Å²) in [5.74, 6) is -1.56. The molecule has 1 aliphatic carbocycles. The number of rotatable bonds is 7. The number of hydrogen-bond donors (Lipinski definition) is 3. The Morgan fingerprint density at radius 3 is 2.33 bits per heavy atom. The van der Waals surface area contributed by atoms with Gasteiger partial charge in [-0.3, -0.25) is 4.79 Å². The normalized spacial score (nSPS) is 19.5. The molecule has 174 valence electrons. The van der Waals surface area contributed by atoms with Gasteiger partial charge in [-0.15, -0.1) is 0 Å². The smallest absolute Gasteiger partial charge is 0.407 e. The summed E-state index contributed by atoms with van der Waals surface area (Å²) >= 11 is 0. The van der Waals surface area contributed by atoms with Crippen LogP contribution in [0.25, 0.3) is 11.1 Å². The van der Waals surface area contributed by atoms with E-state index >= 15 is 0 Å². The Morgan fingerprint density at radius 2 is 1.70 bits per heavy atom. The van der Waals surface area contributed by atoms with Crippen molar-refractivity contribution in [1.82, 2.24) is 10.2 Å². The topological polar surface area (TPSA) is 116 Å². The number of β-amino-alcohol motifs (C(OH)–C–C–N with tert-alkyl or cyclic N) is 1. The highest BCUT2D eigenvalue weighted by molar-refractivity contribution is 5.81. The average Bonchev–Trinajstić information content (AvgIpc) is 3.14. The first kappa shape index (κ1) is 22.8. The average molecular weight is 453 g/mol. The van der Waals surface area contributed by atoms with Crippen LogP contribution in [0.4, 0.5) is 4.79 Å². The zero-order valence-electron chi connectivity index (χ0n) is 18.3. The molecular formula is C25H28N2O6. The van der Waals surface area contributed by atoms with Gasteiger partial charge >= 0.3 is 12.1 Å². The third-order valence-electron chi connectivity index (χ3n) is 6.40. The SMILES string of the molecule is O=C(NCCCC(=O)N1CCCC(O)(C(=O)O)C1)OCC1c2ccccc2-c2ccccc21. The van der Waals surface area contributed by atoms with Crippen LogP contribution < -0.4 is 5.32 Å². The Labute approximate surface area is 192 Å². The van der Waals surface area contributed by atoms with Crippen molar-refractivity contribution in [2.24, 2.45) is 0 Å². The molecule has 0 saturated carbocycles. The number of nitrogens with zero attached hydrogens (tertiary/aromatic N) is 1. The number of ether oxygens (including phenoxy) is 1. The van der Waals surface area contributed by atoms with Crippen molar-refractivity contribution in [3.8, 4) is 11.1 Å². The number of piperidine rings is 1. The molecule has 0 spiro atoms. The van der Waals surface area contributed by atoms with Crippen LogP contribution in [0.2, 0.25) is 0 Å². The van der Waals surface area contributed by atoms with Crippen molar-refractivity contribution < 1.29 is 29.3 Å². The molecule has 4 rings (SSSR count). The van der Waals surface area contributed by atoms with Crippen LogP contribution in [0.5, 0.6) is 0 Å². The number of carbonyl (C=O) groups excluding carboxylic acids is 2. The van der Waals surface area contributed by atoms with Gasteiger partial charge < -0.3 is 25.2 Å². The van der Waals surface area contributed by atoms with E-state index in [-0.39, 0.29) is 44.4 Å². The summed E-state index contributed by atoms with van der Waals surface area (Å²) in [7, 11) is 0. The number of benzene rings is 2. The Kier molecular flexibility index (Phi) is 6.65. The number of amides is 2. The van der Waals surface area contributed by atoms with E-state index < -0.39 is 17.7 Å². The molecular weight excluding hydrogens is 424 g/mol. The fourth-order valence-corrected chi connectivity index (χ4v) is 4.66. The number of fused-ring (bicyclic) bond motifs is 3. The van der Waals surface area contributed by atoms with E-state index in [1.807, 2.05) is 24.3 Å². The van der Waals surface area contributed by atoms with Gasteiger partial charge in [-0.2, -0.15) is 0 Å². The zero-order chi connectivity index (χ0) is 23.4. The van der Waals surface area contributed by atoms with Gasteiger partial charge in [0.25, 0.3) is 0 Å². The first-order valence-corrected chi connectivity index (χ1v) is 11.2. The molecule has 2 amide bonds. The Hall–Kier alpha value is -3.39. The second-order valence-electron chi connectivity index (χ2n) is 8.61. The Morgan fingerprint density at radius 1 is 1.06 bits per heavy atom. The molecule has 3 N–H and O–H groups in total. The fourth-order valence-electron chi connectivity index (χ4n) is 4.66. The molecule has 1 aliphatic heterocycles. The predicted octanol–water partition coefficient (Wildman–Crippen LogP) is 2.74. The number of aliphatic carboxylic acids is 1. The van der Waals surface area contributed by atoms with Gasteiger partial charge in [-0.1, -0.05) is 48.5 Å². The molecule has 33 heavy (non-hydrogen) atoms. The fraction of sp³-hybridized carbons (Fsp3) is 0.400. The van der Waals surface area contributed by atoms with Crippen molar-refractivity contribution in [3.63, 3.8) is 0 Å². The van der Waals surface area contributed by atoms with E-state index in [0.29, 0.717) is 19.4 Å².